The van der Waals surface area contributed by atoms with Crippen molar-refractivity contribution < 1.29 is 14.3 Å². The van der Waals surface area contributed by atoms with Crippen LogP contribution in [-0.2, 0) is 20.9 Å². The normalized spacial score (nSPS) is 23.0. The van der Waals surface area contributed by atoms with Crippen molar-refractivity contribution in [2.24, 2.45) is 5.41 Å². The average Bonchev–Trinajstić information content (AvgIpc) is 3.24. The molecule has 0 aliphatic carbocycles. The first-order valence-corrected chi connectivity index (χ1v) is 9.53. The number of aryl methyl sites for hydroxylation is 1. The standard InChI is InChI=1S/C20H26N4O3/c1-14-4-5-15-16(10-14)22-17(21-15)11-27-12-18(25)24-9-7-20(13-24)6-3-8-23(2)19(20)26/h4-5,10H,3,6-9,11-13H2,1-2H3,(H,21,22). The number of ether oxygens (including phenoxy) is 1. The monoisotopic (exact) mass is 370 g/mol. The third-order valence-corrected chi connectivity index (χ3v) is 5.81. The van der Waals surface area contributed by atoms with Crippen LogP contribution in [0.5, 0.6) is 0 Å². The van der Waals surface area contributed by atoms with Crippen LogP contribution in [0.4, 0.5) is 0 Å². The molecule has 1 spiro atoms. The first-order valence-electron chi connectivity index (χ1n) is 9.53. The maximum atomic E-state index is 12.6. The number of aromatic amines is 1. The lowest BCUT2D eigenvalue weighted by Crippen LogP contribution is -2.48. The van der Waals surface area contributed by atoms with Gasteiger partial charge in [-0.25, -0.2) is 4.98 Å². The van der Waals surface area contributed by atoms with Gasteiger partial charge in [0.05, 0.1) is 16.4 Å². The highest BCUT2D eigenvalue weighted by atomic mass is 16.5. The van der Waals surface area contributed by atoms with Crippen molar-refractivity contribution in [2.45, 2.75) is 32.8 Å². The number of carbonyl (C=O) groups is 2. The summed E-state index contributed by atoms with van der Waals surface area (Å²) in [4.78, 5) is 36.4. The summed E-state index contributed by atoms with van der Waals surface area (Å²) in [6, 6.07) is 6.03. The molecule has 2 aliphatic heterocycles. The molecule has 1 atom stereocenters. The van der Waals surface area contributed by atoms with Crippen LogP contribution in [0.25, 0.3) is 11.0 Å². The van der Waals surface area contributed by atoms with Crippen LogP contribution >= 0.6 is 0 Å². The van der Waals surface area contributed by atoms with Gasteiger partial charge in [-0.15, -0.1) is 0 Å². The number of likely N-dealkylation sites (tertiary alicyclic amines) is 2. The Hall–Kier alpha value is -2.41. The molecule has 3 heterocycles. The maximum Gasteiger partial charge on any atom is 0.248 e. The van der Waals surface area contributed by atoms with Crippen LogP contribution in [0.15, 0.2) is 18.2 Å². The first kappa shape index (κ1) is 18.0. The molecule has 1 aromatic carbocycles. The summed E-state index contributed by atoms with van der Waals surface area (Å²) in [6.45, 7) is 4.27. The second kappa shape index (κ2) is 6.96. The van der Waals surface area contributed by atoms with E-state index in [1.165, 1.54) is 5.56 Å². The lowest BCUT2D eigenvalue weighted by molar-refractivity contribution is -0.145. The molecular weight excluding hydrogens is 344 g/mol. The average molecular weight is 370 g/mol. The number of benzene rings is 1. The van der Waals surface area contributed by atoms with Gasteiger partial charge < -0.3 is 19.5 Å². The van der Waals surface area contributed by atoms with Crippen molar-refractivity contribution in [2.75, 3.05) is 33.3 Å². The predicted molar refractivity (Wildman–Crippen MR) is 101 cm³/mol. The molecule has 7 nitrogen and oxygen atoms in total. The molecule has 2 aromatic rings. The zero-order valence-electron chi connectivity index (χ0n) is 16.0. The molecule has 0 saturated carbocycles. The summed E-state index contributed by atoms with van der Waals surface area (Å²) in [5.74, 6) is 0.841. The van der Waals surface area contributed by atoms with Gasteiger partial charge in [0.1, 0.15) is 19.0 Å². The molecule has 1 N–H and O–H groups in total. The number of hydrogen-bond acceptors (Lipinski definition) is 4. The van der Waals surface area contributed by atoms with Crippen LogP contribution in [0, 0.1) is 12.3 Å². The molecule has 1 unspecified atom stereocenters. The van der Waals surface area contributed by atoms with E-state index in [0.29, 0.717) is 18.9 Å². The number of aromatic nitrogens is 2. The molecule has 144 valence electrons. The van der Waals surface area contributed by atoms with E-state index in [2.05, 4.69) is 9.97 Å². The summed E-state index contributed by atoms with van der Waals surface area (Å²) in [5.41, 5.74) is 2.66. The van der Waals surface area contributed by atoms with Gasteiger partial charge in [-0.1, -0.05) is 6.07 Å². The summed E-state index contributed by atoms with van der Waals surface area (Å²) in [6.07, 6.45) is 2.64. The largest absolute Gasteiger partial charge is 0.364 e. The van der Waals surface area contributed by atoms with Gasteiger partial charge in [0.15, 0.2) is 0 Å². The van der Waals surface area contributed by atoms with Crippen molar-refractivity contribution in [1.29, 1.82) is 0 Å². The number of fused-ring (bicyclic) bond motifs is 1. The van der Waals surface area contributed by atoms with E-state index < -0.39 is 0 Å². The zero-order valence-corrected chi connectivity index (χ0v) is 16.0. The van der Waals surface area contributed by atoms with Crippen LogP contribution < -0.4 is 0 Å². The molecule has 2 aliphatic rings. The Labute approximate surface area is 158 Å². The Morgan fingerprint density at radius 3 is 3.04 bits per heavy atom. The molecule has 4 rings (SSSR count). The van der Waals surface area contributed by atoms with Crippen molar-refractivity contribution in [3.05, 3.63) is 29.6 Å². The van der Waals surface area contributed by atoms with Crippen molar-refractivity contribution >= 4 is 22.8 Å². The Balaban J connectivity index is 1.31. The SMILES string of the molecule is Cc1ccc2nc(COCC(=O)N3CCC4(CCCN(C)C4=O)C3)[nH]c2c1. The highest BCUT2D eigenvalue weighted by molar-refractivity contribution is 5.86. The fraction of sp³-hybridized carbons (Fsp3) is 0.550. The van der Waals surface area contributed by atoms with E-state index in [-0.39, 0.29) is 30.4 Å². The van der Waals surface area contributed by atoms with E-state index >= 15 is 0 Å². The van der Waals surface area contributed by atoms with Crippen LogP contribution in [0.1, 0.15) is 30.7 Å². The Morgan fingerprint density at radius 2 is 2.19 bits per heavy atom. The second-order valence-electron chi connectivity index (χ2n) is 7.87. The minimum Gasteiger partial charge on any atom is -0.364 e. The van der Waals surface area contributed by atoms with Crippen molar-refractivity contribution in [1.82, 2.24) is 19.8 Å². The molecular formula is C20H26N4O3. The number of nitrogens with zero attached hydrogens (tertiary/aromatic N) is 3. The van der Waals surface area contributed by atoms with E-state index in [9.17, 15) is 9.59 Å². The number of rotatable bonds is 4. The number of carbonyl (C=O) groups excluding carboxylic acids is 2. The molecule has 27 heavy (non-hydrogen) atoms. The quantitative estimate of drug-likeness (QED) is 0.891. The van der Waals surface area contributed by atoms with Crippen molar-refractivity contribution in [3.63, 3.8) is 0 Å². The number of piperidine rings is 1. The molecule has 2 saturated heterocycles. The molecule has 0 radical (unpaired) electrons. The molecule has 0 bridgehead atoms. The van der Waals surface area contributed by atoms with Crippen molar-refractivity contribution in [3.8, 4) is 0 Å². The molecule has 7 heteroatoms. The maximum absolute atomic E-state index is 12.6. The van der Waals surface area contributed by atoms with Gasteiger partial charge in [0.25, 0.3) is 0 Å². The van der Waals surface area contributed by atoms with Gasteiger partial charge in [-0.2, -0.15) is 0 Å². The number of imidazole rings is 1. The first-order chi connectivity index (χ1) is 13.0. The van der Waals surface area contributed by atoms with E-state index in [0.717, 1.165) is 36.8 Å². The summed E-state index contributed by atoms with van der Waals surface area (Å²) in [7, 11) is 1.85. The number of H-pyrrole nitrogens is 1. The fourth-order valence-corrected chi connectivity index (χ4v) is 4.30. The van der Waals surface area contributed by atoms with E-state index in [4.69, 9.17) is 4.74 Å². The number of nitrogens with one attached hydrogen (secondary N) is 1. The van der Waals surface area contributed by atoms with Gasteiger partial charge in [-0.05, 0) is 43.9 Å². The van der Waals surface area contributed by atoms with Crippen LogP contribution in [-0.4, -0.2) is 64.9 Å². The van der Waals surface area contributed by atoms with Crippen LogP contribution in [0.3, 0.4) is 0 Å². The highest BCUT2D eigenvalue weighted by Crippen LogP contribution is 2.39. The van der Waals surface area contributed by atoms with Gasteiger partial charge in [-0.3, -0.25) is 9.59 Å². The summed E-state index contributed by atoms with van der Waals surface area (Å²) < 4.78 is 5.60. The zero-order chi connectivity index (χ0) is 19.0. The Morgan fingerprint density at radius 1 is 1.33 bits per heavy atom. The summed E-state index contributed by atoms with van der Waals surface area (Å²) >= 11 is 0. The minimum atomic E-state index is -0.376. The Bertz CT molecular complexity index is 877. The third-order valence-electron chi connectivity index (χ3n) is 5.81. The molecule has 1 aromatic heterocycles. The van der Waals surface area contributed by atoms with Gasteiger partial charge >= 0.3 is 0 Å². The lowest BCUT2D eigenvalue weighted by atomic mass is 9.78. The molecule has 2 fully saturated rings. The Kier molecular flexibility index (Phi) is 4.63. The van der Waals surface area contributed by atoms with E-state index in [1.807, 2.05) is 32.2 Å². The van der Waals surface area contributed by atoms with Gasteiger partial charge in [0.2, 0.25) is 11.8 Å². The number of amides is 2. The van der Waals surface area contributed by atoms with Gasteiger partial charge in [0, 0.05) is 26.7 Å². The molecule has 2 amide bonds. The fourth-order valence-electron chi connectivity index (χ4n) is 4.30. The summed E-state index contributed by atoms with van der Waals surface area (Å²) in [5, 5.41) is 0. The smallest absolute Gasteiger partial charge is 0.248 e. The topological polar surface area (TPSA) is 78.5 Å². The van der Waals surface area contributed by atoms with E-state index in [1.54, 1.807) is 9.80 Å². The second-order valence-corrected chi connectivity index (χ2v) is 7.87. The lowest BCUT2D eigenvalue weighted by Gasteiger charge is -2.37. The van der Waals surface area contributed by atoms with Crippen LogP contribution in [0.2, 0.25) is 0 Å². The minimum absolute atomic E-state index is 0.0101. The predicted octanol–water partition coefficient (Wildman–Crippen LogP) is 1.86. The third kappa shape index (κ3) is 3.43. The number of hydrogen-bond donors (Lipinski definition) is 1. The highest BCUT2D eigenvalue weighted by Gasteiger charge is 2.48.